The first-order chi connectivity index (χ1) is 5.31. The molecule has 0 aliphatic carbocycles. The first-order valence-electron chi connectivity index (χ1n) is 3.69. The molecule has 11 heavy (non-hydrogen) atoms. The summed E-state index contributed by atoms with van der Waals surface area (Å²) in [6, 6.07) is 0. The molecule has 0 aliphatic heterocycles. The smallest absolute Gasteiger partial charge is 0.309 e. The summed E-state index contributed by atoms with van der Waals surface area (Å²) in [7, 11) is 0. The average Bonchev–Trinajstić information content (AvgIpc) is 2.01. The lowest BCUT2D eigenvalue weighted by Crippen LogP contribution is -2.03. The van der Waals surface area contributed by atoms with E-state index in [1.807, 2.05) is 13.0 Å². The van der Waals surface area contributed by atoms with E-state index in [1.54, 1.807) is 12.2 Å². The molecule has 0 atom stereocenters. The van der Waals surface area contributed by atoms with E-state index < -0.39 is 0 Å². The van der Waals surface area contributed by atoms with E-state index in [4.69, 9.17) is 4.74 Å². The molecule has 0 heterocycles. The van der Waals surface area contributed by atoms with Gasteiger partial charge in [0, 0.05) is 0 Å². The van der Waals surface area contributed by atoms with E-state index >= 15 is 0 Å². The Morgan fingerprint density at radius 1 is 1.64 bits per heavy atom. The lowest BCUT2D eigenvalue weighted by molar-refractivity contribution is -0.142. The van der Waals surface area contributed by atoms with Gasteiger partial charge in [-0.2, -0.15) is 0 Å². The summed E-state index contributed by atoms with van der Waals surface area (Å²) < 4.78 is 4.82. The van der Waals surface area contributed by atoms with Gasteiger partial charge in [0.1, 0.15) is 0 Å². The summed E-state index contributed by atoms with van der Waals surface area (Å²) in [6.07, 6.45) is 6.42. The second-order valence-corrected chi connectivity index (χ2v) is 2.07. The van der Waals surface area contributed by atoms with Crippen molar-refractivity contribution in [3.63, 3.8) is 0 Å². The Labute approximate surface area is 67.6 Å². The molecule has 0 amide bonds. The molecule has 0 bridgehead atoms. The zero-order valence-electron chi connectivity index (χ0n) is 6.88. The largest absolute Gasteiger partial charge is 0.465 e. The molecular weight excluding hydrogens is 140 g/mol. The van der Waals surface area contributed by atoms with Crippen molar-refractivity contribution in [2.75, 3.05) is 6.61 Å². The molecule has 0 N–H and O–H groups in total. The van der Waals surface area contributed by atoms with Crippen LogP contribution in [0.3, 0.4) is 0 Å². The number of esters is 1. The zero-order valence-corrected chi connectivity index (χ0v) is 6.88. The minimum absolute atomic E-state index is 0.176. The van der Waals surface area contributed by atoms with Crippen molar-refractivity contribution >= 4 is 5.97 Å². The summed E-state index contributed by atoms with van der Waals surface area (Å²) in [5, 5.41) is 0. The third kappa shape index (κ3) is 6.84. The van der Waals surface area contributed by atoms with Gasteiger partial charge >= 0.3 is 5.97 Å². The zero-order chi connectivity index (χ0) is 8.53. The normalized spacial score (nSPS) is 9.91. The Morgan fingerprint density at radius 3 is 2.91 bits per heavy atom. The molecule has 2 nitrogen and oxygen atoms in total. The predicted octanol–water partition coefficient (Wildman–Crippen LogP) is 2.07. The molecule has 2 heteroatoms. The fourth-order valence-corrected chi connectivity index (χ4v) is 0.529. The van der Waals surface area contributed by atoms with Crippen molar-refractivity contribution in [3.8, 4) is 0 Å². The van der Waals surface area contributed by atoms with Crippen molar-refractivity contribution in [2.45, 2.75) is 19.8 Å². The van der Waals surface area contributed by atoms with Crippen LogP contribution >= 0.6 is 0 Å². The number of hydrogen-bond acceptors (Lipinski definition) is 2. The van der Waals surface area contributed by atoms with Gasteiger partial charge in [-0.25, -0.2) is 0 Å². The maximum absolute atomic E-state index is 10.8. The van der Waals surface area contributed by atoms with Crippen LogP contribution in [-0.2, 0) is 9.53 Å². The molecule has 0 spiro atoms. The highest BCUT2D eigenvalue weighted by Crippen LogP contribution is 1.90. The average molecular weight is 154 g/mol. The van der Waals surface area contributed by atoms with Crippen molar-refractivity contribution in [2.24, 2.45) is 0 Å². The first-order valence-corrected chi connectivity index (χ1v) is 3.69. The van der Waals surface area contributed by atoms with Crippen LogP contribution in [-0.4, -0.2) is 12.6 Å². The van der Waals surface area contributed by atoms with Gasteiger partial charge < -0.3 is 4.74 Å². The van der Waals surface area contributed by atoms with Crippen LogP contribution in [0.15, 0.2) is 24.8 Å². The number of allylic oxidation sites excluding steroid dienone is 1. The second kappa shape index (κ2) is 7.06. The monoisotopic (exact) mass is 154 g/mol. The van der Waals surface area contributed by atoms with Crippen molar-refractivity contribution in [3.05, 3.63) is 24.8 Å². The molecule has 0 aromatic heterocycles. The van der Waals surface area contributed by atoms with Gasteiger partial charge in [0.15, 0.2) is 0 Å². The quantitative estimate of drug-likeness (QED) is 0.344. The fourth-order valence-electron chi connectivity index (χ4n) is 0.529. The van der Waals surface area contributed by atoms with E-state index in [1.165, 1.54) is 0 Å². The van der Waals surface area contributed by atoms with E-state index in [0.29, 0.717) is 13.0 Å². The highest BCUT2D eigenvalue weighted by Gasteiger charge is 1.96. The maximum atomic E-state index is 10.8. The van der Waals surface area contributed by atoms with Gasteiger partial charge in [-0.05, 0) is 13.3 Å². The lowest BCUT2D eigenvalue weighted by atomic mass is 10.4. The van der Waals surface area contributed by atoms with Crippen molar-refractivity contribution in [1.29, 1.82) is 0 Å². The Morgan fingerprint density at radius 2 is 2.36 bits per heavy atom. The molecule has 0 fully saturated rings. The van der Waals surface area contributed by atoms with Crippen LogP contribution in [0.2, 0.25) is 0 Å². The number of rotatable bonds is 5. The maximum Gasteiger partial charge on any atom is 0.309 e. The van der Waals surface area contributed by atoms with E-state index in [2.05, 4.69) is 6.58 Å². The molecule has 0 saturated heterocycles. The van der Waals surface area contributed by atoms with Crippen LogP contribution in [0.4, 0.5) is 0 Å². The summed E-state index contributed by atoms with van der Waals surface area (Å²) in [5.74, 6) is -0.176. The molecule has 62 valence electrons. The number of ether oxygens (including phenoxy) is 1. The van der Waals surface area contributed by atoms with E-state index in [-0.39, 0.29) is 5.97 Å². The van der Waals surface area contributed by atoms with Crippen LogP contribution in [0.25, 0.3) is 0 Å². The molecular formula is C9H14O2. The minimum atomic E-state index is -0.176. The Kier molecular flexibility index (Phi) is 6.39. The number of carbonyl (C=O) groups excluding carboxylic acids is 1. The molecule has 0 aromatic rings. The van der Waals surface area contributed by atoms with Gasteiger partial charge in [-0.1, -0.05) is 18.2 Å². The third-order valence-electron chi connectivity index (χ3n) is 1.11. The molecule has 0 unspecified atom stereocenters. The molecule has 0 radical (unpaired) electrons. The first kappa shape index (κ1) is 9.95. The van der Waals surface area contributed by atoms with Crippen LogP contribution in [0.1, 0.15) is 19.8 Å². The lowest BCUT2D eigenvalue weighted by Gasteiger charge is -1.98. The van der Waals surface area contributed by atoms with E-state index in [9.17, 15) is 4.79 Å². The van der Waals surface area contributed by atoms with Crippen LogP contribution in [0, 0.1) is 0 Å². The summed E-state index contributed by atoms with van der Waals surface area (Å²) in [5.41, 5.74) is 0. The SMILES string of the molecule is C=CCCOC(=O)CC=CC. The summed E-state index contributed by atoms with van der Waals surface area (Å²) in [4.78, 5) is 10.8. The number of carbonyl (C=O) groups is 1. The summed E-state index contributed by atoms with van der Waals surface area (Å²) >= 11 is 0. The second-order valence-electron chi connectivity index (χ2n) is 2.07. The minimum Gasteiger partial charge on any atom is -0.465 e. The molecule has 0 rings (SSSR count). The topological polar surface area (TPSA) is 26.3 Å². The highest BCUT2D eigenvalue weighted by atomic mass is 16.5. The number of hydrogen-bond donors (Lipinski definition) is 0. The standard InChI is InChI=1S/C9H14O2/c1-3-5-7-9(10)11-8-6-4-2/h3-5H,2,6-8H2,1H3. The highest BCUT2D eigenvalue weighted by molar-refractivity contribution is 5.71. The van der Waals surface area contributed by atoms with Crippen molar-refractivity contribution < 1.29 is 9.53 Å². The van der Waals surface area contributed by atoms with Gasteiger partial charge in [-0.15, -0.1) is 6.58 Å². The van der Waals surface area contributed by atoms with Crippen LogP contribution < -0.4 is 0 Å². The van der Waals surface area contributed by atoms with Gasteiger partial charge in [0.05, 0.1) is 13.0 Å². The third-order valence-corrected chi connectivity index (χ3v) is 1.11. The predicted molar refractivity (Wildman–Crippen MR) is 45.2 cm³/mol. The van der Waals surface area contributed by atoms with E-state index in [0.717, 1.165) is 6.42 Å². The van der Waals surface area contributed by atoms with Gasteiger partial charge in [-0.3, -0.25) is 4.79 Å². The fraction of sp³-hybridized carbons (Fsp3) is 0.444. The van der Waals surface area contributed by atoms with Gasteiger partial charge in [0.25, 0.3) is 0 Å². The Balaban J connectivity index is 3.29. The molecule has 0 aliphatic rings. The van der Waals surface area contributed by atoms with Crippen LogP contribution in [0.5, 0.6) is 0 Å². The van der Waals surface area contributed by atoms with Crippen molar-refractivity contribution in [1.82, 2.24) is 0 Å². The molecule has 0 aromatic carbocycles. The Hall–Kier alpha value is -1.05. The van der Waals surface area contributed by atoms with Gasteiger partial charge in [0.2, 0.25) is 0 Å². The molecule has 0 saturated carbocycles. The Bertz CT molecular complexity index is 148. The summed E-state index contributed by atoms with van der Waals surface area (Å²) in [6.45, 7) is 5.83.